The van der Waals surface area contributed by atoms with E-state index < -0.39 is 0 Å². The summed E-state index contributed by atoms with van der Waals surface area (Å²) in [4.78, 5) is 2.13. The number of nitriles is 1. The molecular weight excluding hydrogens is 252 g/mol. The third-order valence-electron chi connectivity index (χ3n) is 2.28. The minimum atomic E-state index is 0.571. The zero-order valence-corrected chi connectivity index (χ0v) is 10.7. The summed E-state index contributed by atoms with van der Waals surface area (Å²) >= 11 is 3.46. The first-order chi connectivity index (χ1) is 7.19. The van der Waals surface area contributed by atoms with Gasteiger partial charge in [0.1, 0.15) is 6.07 Å². The second kappa shape index (κ2) is 5.77. The number of rotatable bonds is 4. The minimum Gasteiger partial charge on any atom is -0.373 e. The summed E-state index contributed by atoms with van der Waals surface area (Å²) < 4.78 is 0. The van der Waals surface area contributed by atoms with Gasteiger partial charge in [-0.2, -0.15) is 5.26 Å². The molecule has 0 heterocycles. The Labute approximate surface area is 99.6 Å². The Morgan fingerprint density at radius 2 is 2.13 bits per heavy atom. The van der Waals surface area contributed by atoms with Crippen LogP contribution < -0.4 is 4.90 Å². The summed E-state index contributed by atoms with van der Waals surface area (Å²) in [5.41, 5.74) is 1.74. The molecule has 2 nitrogen and oxygen atoms in total. The van der Waals surface area contributed by atoms with Gasteiger partial charge in [0.25, 0.3) is 0 Å². The molecule has 15 heavy (non-hydrogen) atoms. The van der Waals surface area contributed by atoms with Gasteiger partial charge in [0.05, 0.1) is 11.3 Å². The molecule has 0 radical (unpaired) electrons. The van der Waals surface area contributed by atoms with Gasteiger partial charge in [-0.15, -0.1) is 0 Å². The van der Waals surface area contributed by atoms with Gasteiger partial charge in [0.2, 0.25) is 0 Å². The van der Waals surface area contributed by atoms with Gasteiger partial charge in [-0.1, -0.05) is 35.0 Å². The van der Waals surface area contributed by atoms with Crippen molar-refractivity contribution in [3.63, 3.8) is 0 Å². The van der Waals surface area contributed by atoms with Crippen LogP contribution in [0.3, 0.4) is 0 Å². The molecule has 0 bridgehead atoms. The molecule has 0 aromatic heterocycles. The van der Waals surface area contributed by atoms with Crippen LogP contribution >= 0.6 is 15.9 Å². The van der Waals surface area contributed by atoms with Crippen LogP contribution in [0.4, 0.5) is 5.69 Å². The van der Waals surface area contributed by atoms with Gasteiger partial charge in [-0.3, -0.25) is 0 Å². The van der Waals surface area contributed by atoms with Crippen molar-refractivity contribution in [1.82, 2.24) is 0 Å². The highest BCUT2D eigenvalue weighted by molar-refractivity contribution is 9.09. The predicted octanol–water partition coefficient (Wildman–Crippen LogP) is 3.03. The number of anilines is 1. The fraction of sp³-hybridized carbons (Fsp3) is 0.417. The van der Waals surface area contributed by atoms with E-state index in [0.717, 1.165) is 23.1 Å². The van der Waals surface area contributed by atoms with Crippen LogP contribution in [-0.2, 0) is 0 Å². The normalized spacial score (nSPS) is 11.9. The Morgan fingerprint density at radius 3 is 2.73 bits per heavy atom. The summed E-state index contributed by atoms with van der Waals surface area (Å²) in [7, 11) is 2.02. The third-order valence-corrected chi connectivity index (χ3v) is 3.39. The number of benzene rings is 1. The van der Waals surface area contributed by atoms with Gasteiger partial charge in [0, 0.05) is 18.9 Å². The first-order valence-electron chi connectivity index (χ1n) is 4.95. The van der Waals surface area contributed by atoms with Crippen molar-refractivity contribution in [2.24, 2.45) is 5.92 Å². The van der Waals surface area contributed by atoms with Crippen molar-refractivity contribution in [3.05, 3.63) is 29.8 Å². The summed E-state index contributed by atoms with van der Waals surface area (Å²) in [6.07, 6.45) is 0. The van der Waals surface area contributed by atoms with Crippen LogP contribution in [0.2, 0.25) is 0 Å². The lowest BCUT2D eigenvalue weighted by atomic mass is 10.1. The molecule has 1 aromatic carbocycles. The Balaban J connectivity index is 2.82. The molecule has 0 saturated carbocycles. The first-order valence-corrected chi connectivity index (χ1v) is 6.07. The van der Waals surface area contributed by atoms with Crippen molar-refractivity contribution in [2.45, 2.75) is 6.92 Å². The van der Waals surface area contributed by atoms with Gasteiger partial charge >= 0.3 is 0 Å². The van der Waals surface area contributed by atoms with Crippen molar-refractivity contribution in [1.29, 1.82) is 5.26 Å². The number of halogens is 1. The first kappa shape index (κ1) is 12.1. The van der Waals surface area contributed by atoms with E-state index in [1.807, 2.05) is 31.3 Å². The molecular formula is C12H15BrN2. The molecule has 3 heteroatoms. The van der Waals surface area contributed by atoms with Crippen LogP contribution in [0.25, 0.3) is 0 Å². The molecule has 1 aromatic rings. The van der Waals surface area contributed by atoms with Crippen molar-refractivity contribution >= 4 is 21.6 Å². The minimum absolute atomic E-state index is 0.571. The van der Waals surface area contributed by atoms with E-state index in [-0.39, 0.29) is 0 Å². The monoisotopic (exact) mass is 266 g/mol. The van der Waals surface area contributed by atoms with Crippen molar-refractivity contribution in [3.8, 4) is 6.07 Å². The Bertz CT molecular complexity index is 357. The highest BCUT2D eigenvalue weighted by atomic mass is 79.9. The predicted molar refractivity (Wildman–Crippen MR) is 67.4 cm³/mol. The summed E-state index contributed by atoms with van der Waals surface area (Å²) in [6.45, 7) is 3.13. The number of para-hydroxylation sites is 1. The van der Waals surface area contributed by atoms with E-state index >= 15 is 0 Å². The zero-order valence-electron chi connectivity index (χ0n) is 9.07. The van der Waals surface area contributed by atoms with Crippen LogP contribution in [0.15, 0.2) is 24.3 Å². The molecule has 0 spiro atoms. The largest absolute Gasteiger partial charge is 0.373 e. The maximum Gasteiger partial charge on any atom is 0.101 e. The molecule has 1 unspecified atom stereocenters. The van der Waals surface area contributed by atoms with Gasteiger partial charge in [-0.05, 0) is 18.1 Å². The number of nitrogens with zero attached hydrogens (tertiary/aromatic N) is 2. The molecule has 0 aliphatic heterocycles. The Hall–Kier alpha value is -1.01. The van der Waals surface area contributed by atoms with Crippen molar-refractivity contribution in [2.75, 3.05) is 23.8 Å². The van der Waals surface area contributed by atoms with Crippen LogP contribution in [0.1, 0.15) is 12.5 Å². The maximum atomic E-state index is 8.97. The molecule has 0 saturated heterocycles. The Kier molecular flexibility index (Phi) is 4.64. The molecule has 1 rings (SSSR count). The van der Waals surface area contributed by atoms with E-state index in [0.29, 0.717) is 5.92 Å². The number of alkyl halides is 1. The fourth-order valence-corrected chi connectivity index (χ4v) is 1.72. The van der Waals surface area contributed by atoms with E-state index in [2.05, 4.69) is 33.8 Å². The average Bonchev–Trinajstić information content (AvgIpc) is 2.28. The second-order valence-electron chi connectivity index (χ2n) is 3.77. The fourth-order valence-electron chi connectivity index (χ4n) is 1.52. The summed E-state index contributed by atoms with van der Waals surface area (Å²) in [5, 5.41) is 9.95. The molecule has 0 N–H and O–H groups in total. The molecule has 0 fully saturated rings. The number of hydrogen-bond acceptors (Lipinski definition) is 2. The highest BCUT2D eigenvalue weighted by Crippen LogP contribution is 2.19. The van der Waals surface area contributed by atoms with E-state index in [1.165, 1.54) is 0 Å². The summed E-state index contributed by atoms with van der Waals surface area (Å²) in [5.74, 6) is 0.571. The quantitative estimate of drug-likeness (QED) is 0.784. The molecule has 0 aliphatic carbocycles. The van der Waals surface area contributed by atoms with E-state index in [9.17, 15) is 0 Å². The second-order valence-corrected chi connectivity index (χ2v) is 4.42. The van der Waals surface area contributed by atoms with Gasteiger partial charge < -0.3 is 4.90 Å². The maximum absolute atomic E-state index is 8.97. The molecule has 0 aliphatic rings. The van der Waals surface area contributed by atoms with E-state index in [4.69, 9.17) is 5.26 Å². The number of hydrogen-bond donors (Lipinski definition) is 0. The van der Waals surface area contributed by atoms with Gasteiger partial charge in [-0.25, -0.2) is 0 Å². The standard InChI is InChI=1S/C12H15BrN2/c1-10(7-13)9-15(2)12-6-4-3-5-11(12)8-14/h3-6,10H,7,9H2,1-2H3. The molecule has 1 atom stereocenters. The van der Waals surface area contributed by atoms with Crippen LogP contribution in [0.5, 0.6) is 0 Å². The highest BCUT2D eigenvalue weighted by Gasteiger charge is 2.09. The van der Waals surface area contributed by atoms with Crippen LogP contribution in [-0.4, -0.2) is 18.9 Å². The average molecular weight is 267 g/mol. The SMILES string of the molecule is CC(CBr)CN(C)c1ccccc1C#N. The lowest BCUT2D eigenvalue weighted by molar-refractivity contribution is 0.652. The lowest BCUT2D eigenvalue weighted by Crippen LogP contribution is -2.25. The third kappa shape index (κ3) is 3.24. The van der Waals surface area contributed by atoms with E-state index in [1.54, 1.807) is 0 Å². The molecule has 80 valence electrons. The topological polar surface area (TPSA) is 27.0 Å². The Morgan fingerprint density at radius 1 is 1.47 bits per heavy atom. The summed E-state index contributed by atoms with van der Waals surface area (Å²) in [6, 6.07) is 9.91. The van der Waals surface area contributed by atoms with Crippen LogP contribution in [0, 0.1) is 17.2 Å². The molecule has 0 amide bonds. The smallest absolute Gasteiger partial charge is 0.101 e. The zero-order chi connectivity index (χ0) is 11.3. The lowest BCUT2D eigenvalue weighted by Gasteiger charge is -2.23. The van der Waals surface area contributed by atoms with Gasteiger partial charge in [0.15, 0.2) is 0 Å². The van der Waals surface area contributed by atoms with Crippen molar-refractivity contribution < 1.29 is 0 Å².